The van der Waals surface area contributed by atoms with Crippen LogP contribution in [0.5, 0.6) is 5.75 Å². The molecule has 1 amide bonds. The van der Waals surface area contributed by atoms with Crippen LogP contribution in [0.15, 0.2) is 18.2 Å². The van der Waals surface area contributed by atoms with Crippen molar-refractivity contribution in [2.75, 3.05) is 20.2 Å². The number of H-pyrrole nitrogens is 1. The van der Waals surface area contributed by atoms with Crippen molar-refractivity contribution in [1.82, 2.24) is 25.4 Å². The topological polar surface area (TPSA) is 113 Å². The van der Waals surface area contributed by atoms with Crippen LogP contribution in [0.2, 0.25) is 5.02 Å². The summed E-state index contributed by atoms with van der Waals surface area (Å²) >= 11 is 5.67. The molecule has 4 fully saturated rings. The largest absolute Gasteiger partial charge is 0.484 e. The van der Waals surface area contributed by atoms with Crippen LogP contribution in [-0.4, -0.2) is 81.3 Å². The second kappa shape index (κ2) is 11.1. The minimum absolute atomic E-state index is 0.00432. The third-order valence-corrected chi connectivity index (χ3v) is 8.93. The van der Waals surface area contributed by atoms with Gasteiger partial charge < -0.3 is 19.9 Å². The molecule has 1 aliphatic heterocycles. The first-order valence-electron chi connectivity index (χ1n) is 13.3. The van der Waals surface area contributed by atoms with E-state index in [1.807, 2.05) is 0 Å². The number of nitrogens with one attached hydrogen (secondary N) is 2. The third-order valence-electron chi connectivity index (χ3n) is 8.62. The van der Waals surface area contributed by atoms with Crippen molar-refractivity contribution in [1.29, 1.82) is 0 Å². The maximum absolute atomic E-state index is 13.6. The van der Waals surface area contributed by atoms with Gasteiger partial charge in [-0.15, -0.1) is 0 Å². The number of rotatable bonds is 8. The molecule has 40 heavy (non-hydrogen) atoms. The average molecular weight is 590 g/mol. The van der Waals surface area contributed by atoms with Gasteiger partial charge in [0.05, 0.1) is 22.6 Å². The molecule has 1 aromatic heterocycles. The lowest BCUT2D eigenvalue weighted by Crippen LogP contribution is -2.64. The van der Waals surface area contributed by atoms with Crippen LogP contribution in [0, 0.1) is 5.82 Å². The number of piperidine rings is 1. The molecule has 14 heteroatoms. The average Bonchev–Trinajstić information content (AvgIpc) is 3.38. The van der Waals surface area contributed by atoms with Crippen molar-refractivity contribution in [3.63, 3.8) is 0 Å². The monoisotopic (exact) mass is 589 g/mol. The van der Waals surface area contributed by atoms with Crippen LogP contribution in [0.25, 0.3) is 0 Å². The first-order chi connectivity index (χ1) is 18.9. The van der Waals surface area contributed by atoms with Crippen LogP contribution in [0.1, 0.15) is 56.6 Å². The summed E-state index contributed by atoms with van der Waals surface area (Å²) in [7, 11) is 1.47. The lowest BCUT2D eigenvalue weighted by Gasteiger charge is -2.55. The molecule has 3 aliphatic carbocycles. The maximum atomic E-state index is 13.6. The lowest BCUT2D eigenvalue weighted by molar-refractivity contribution is -0.199. The van der Waals surface area contributed by atoms with Gasteiger partial charge in [-0.3, -0.25) is 14.8 Å². The van der Waals surface area contributed by atoms with Crippen molar-refractivity contribution in [2.24, 2.45) is 0 Å². The van der Waals surface area contributed by atoms with Crippen LogP contribution in [0.3, 0.4) is 0 Å². The third kappa shape index (κ3) is 5.93. The number of aromatic nitrogens is 3. The summed E-state index contributed by atoms with van der Waals surface area (Å²) in [6, 6.07) is 2.39. The Morgan fingerprint density at radius 1 is 1.30 bits per heavy atom. The number of amides is 1. The summed E-state index contributed by atoms with van der Waals surface area (Å²) in [5.41, 5.74) is -1.29. The molecule has 0 spiro atoms. The van der Waals surface area contributed by atoms with Gasteiger partial charge in [0.15, 0.2) is 18.3 Å². The number of halogens is 5. The molecule has 2 bridgehead atoms. The number of fused-ring (bicyclic) bond motifs is 3. The fraction of sp³-hybridized carbons (Fsp3) is 0.654. The molecular weight excluding hydrogens is 558 g/mol. The van der Waals surface area contributed by atoms with E-state index in [1.165, 1.54) is 24.1 Å². The molecule has 2 aromatic rings. The van der Waals surface area contributed by atoms with Crippen molar-refractivity contribution in [3.05, 3.63) is 40.7 Å². The summed E-state index contributed by atoms with van der Waals surface area (Å²) in [6.07, 6.45) is -2.74. The summed E-state index contributed by atoms with van der Waals surface area (Å²) in [5, 5.41) is 21.3. The van der Waals surface area contributed by atoms with Crippen molar-refractivity contribution in [3.8, 4) is 5.75 Å². The number of ether oxygens (including phenoxy) is 2. The standard InChI is InChI=1S/C26H32ClF4N5O4/c1-36-9-4-16(11-19(36)26(29,30)31)39-13-21-32-23(35-34-21)25-7-5-24(6-8-25,12-20(25)37)33-22(38)14-40-15-2-3-17(27)18(28)10-15/h2-3,10,16,19-20,37H,4-9,11-14H2,1H3,(H,33,38)(H,32,34,35). The molecule has 3 atom stereocenters. The molecule has 0 radical (unpaired) electrons. The minimum Gasteiger partial charge on any atom is -0.484 e. The van der Waals surface area contributed by atoms with Gasteiger partial charge in [0.2, 0.25) is 0 Å². The van der Waals surface area contributed by atoms with E-state index in [0.29, 0.717) is 50.2 Å². The molecule has 1 saturated heterocycles. The second-order valence-corrected chi connectivity index (χ2v) is 11.6. The van der Waals surface area contributed by atoms with Crippen molar-refractivity contribution in [2.45, 2.75) is 86.9 Å². The summed E-state index contributed by atoms with van der Waals surface area (Å²) in [6.45, 7) is -0.0269. The Hall–Kier alpha value is -2.48. The van der Waals surface area contributed by atoms with E-state index in [1.54, 1.807) is 0 Å². The minimum atomic E-state index is -4.31. The Bertz CT molecular complexity index is 1220. The molecule has 6 rings (SSSR count). The number of likely N-dealkylation sites (tertiary alicyclic amines) is 1. The highest BCUT2D eigenvalue weighted by atomic mass is 35.5. The van der Waals surface area contributed by atoms with Crippen LogP contribution < -0.4 is 10.1 Å². The van der Waals surface area contributed by atoms with Gasteiger partial charge >= 0.3 is 6.18 Å². The first-order valence-corrected chi connectivity index (χ1v) is 13.6. The van der Waals surface area contributed by atoms with Gasteiger partial charge in [0.1, 0.15) is 24.2 Å². The zero-order valence-electron chi connectivity index (χ0n) is 21.9. The van der Waals surface area contributed by atoms with E-state index in [4.69, 9.17) is 21.1 Å². The van der Waals surface area contributed by atoms with Gasteiger partial charge in [0, 0.05) is 18.2 Å². The zero-order valence-corrected chi connectivity index (χ0v) is 22.7. The summed E-state index contributed by atoms with van der Waals surface area (Å²) in [4.78, 5) is 18.5. The highest BCUT2D eigenvalue weighted by molar-refractivity contribution is 6.30. The number of aliphatic hydroxyl groups is 1. The predicted octanol–water partition coefficient (Wildman–Crippen LogP) is 3.65. The Labute approximate surface area is 233 Å². The summed E-state index contributed by atoms with van der Waals surface area (Å²) in [5.74, 6) is 0.00135. The fourth-order valence-corrected chi connectivity index (χ4v) is 6.36. The van der Waals surface area contributed by atoms with Crippen LogP contribution >= 0.6 is 11.6 Å². The van der Waals surface area contributed by atoms with E-state index < -0.39 is 41.2 Å². The number of aliphatic hydroxyl groups excluding tert-OH is 1. The number of carbonyl (C=O) groups excluding carboxylic acids is 1. The van der Waals surface area contributed by atoms with E-state index in [9.17, 15) is 27.5 Å². The molecule has 3 N–H and O–H groups in total. The van der Waals surface area contributed by atoms with Gasteiger partial charge in [-0.25, -0.2) is 9.37 Å². The molecule has 2 heterocycles. The Morgan fingerprint density at radius 2 is 2.05 bits per heavy atom. The number of aromatic amines is 1. The van der Waals surface area contributed by atoms with Crippen molar-refractivity contribution >= 4 is 17.5 Å². The zero-order chi connectivity index (χ0) is 28.7. The second-order valence-electron chi connectivity index (χ2n) is 11.2. The highest BCUT2D eigenvalue weighted by Crippen LogP contribution is 2.52. The highest BCUT2D eigenvalue weighted by Gasteiger charge is 2.57. The Morgan fingerprint density at radius 3 is 2.73 bits per heavy atom. The van der Waals surface area contributed by atoms with Gasteiger partial charge in [-0.1, -0.05) is 11.6 Å². The molecule has 3 saturated carbocycles. The fourth-order valence-electron chi connectivity index (χ4n) is 6.24. The van der Waals surface area contributed by atoms with Crippen LogP contribution in [0.4, 0.5) is 17.6 Å². The predicted molar refractivity (Wildman–Crippen MR) is 135 cm³/mol. The normalized spacial score (nSPS) is 30.8. The number of benzene rings is 1. The number of hydrogen-bond acceptors (Lipinski definition) is 7. The lowest BCUT2D eigenvalue weighted by atomic mass is 9.55. The molecule has 1 aromatic carbocycles. The summed E-state index contributed by atoms with van der Waals surface area (Å²) < 4.78 is 64.7. The van der Waals surface area contributed by atoms with Gasteiger partial charge in [0.25, 0.3) is 5.91 Å². The van der Waals surface area contributed by atoms with E-state index in [-0.39, 0.29) is 42.9 Å². The first kappa shape index (κ1) is 29.0. The molecule has 220 valence electrons. The maximum Gasteiger partial charge on any atom is 0.404 e. The molecule has 3 unspecified atom stereocenters. The van der Waals surface area contributed by atoms with E-state index in [2.05, 4.69) is 20.5 Å². The smallest absolute Gasteiger partial charge is 0.404 e. The van der Waals surface area contributed by atoms with Crippen LogP contribution in [-0.2, 0) is 21.6 Å². The van der Waals surface area contributed by atoms with Gasteiger partial charge in [-0.05, 0) is 64.1 Å². The van der Waals surface area contributed by atoms with Crippen molar-refractivity contribution < 1.29 is 36.9 Å². The Balaban J connectivity index is 1.14. The molecule has 9 nitrogen and oxygen atoms in total. The number of alkyl halides is 3. The number of hydrogen-bond donors (Lipinski definition) is 3. The molecule has 4 aliphatic rings. The SMILES string of the molecule is CN1CCC(OCc2nc(C34CCC(NC(=O)COc5ccc(Cl)c(F)c5)(CC3)CC4O)n[nH]2)CC1C(F)(F)F. The number of nitrogens with zero attached hydrogens (tertiary/aromatic N) is 3. The van der Waals surface area contributed by atoms with Gasteiger partial charge in [-0.2, -0.15) is 18.3 Å². The van der Waals surface area contributed by atoms with E-state index >= 15 is 0 Å². The number of carbonyl (C=O) groups is 1. The molecular formula is C26H32ClF4N5O4. The Kier molecular flexibility index (Phi) is 8.03. The van der Waals surface area contributed by atoms with E-state index in [0.717, 1.165) is 6.07 Å². The quantitative estimate of drug-likeness (QED) is 0.403.